The maximum Gasteiger partial charge on any atom is 0.387 e. The molecule has 4 aromatic rings. The van der Waals surface area contributed by atoms with Crippen molar-refractivity contribution in [1.29, 1.82) is 5.26 Å². The predicted octanol–water partition coefficient (Wildman–Crippen LogP) is 5.08. The molecule has 2 unspecified atom stereocenters. The zero-order valence-electron chi connectivity index (χ0n) is 31.7. The lowest BCUT2D eigenvalue weighted by atomic mass is 9.88. The van der Waals surface area contributed by atoms with E-state index in [0.29, 0.717) is 67.6 Å². The first-order chi connectivity index (χ1) is 27.1. The van der Waals surface area contributed by atoms with Gasteiger partial charge in [0.25, 0.3) is 0 Å². The van der Waals surface area contributed by atoms with Gasteiger partial charge in [-0.25, -0.2) is 18.5 Å². The van der Waals surface area contributed by atoms with Gasteiger partial charge in [0.2, 0.25) is 12.4 Å². The maximum absolute atomic E-state index is 13.6. The second-order valence-corrected chi connectivity index (χ2v) is 15.0. The molecule has 0 aliphatic carbocycles. The van der Waals surface area contributed by atoms with Crippen LogP contribution in [0.4, 0.5) is 20.5 Å². The maximum atomic E-state index is 13.6. The number of nitriles is 1. The summed E-state index contributed by atoms with van der Waals surface area (Å²) < 4.78 is 46.5. The number of alkyl halides is 2. The van der Waals surface area contributed by atoms with Crippen LogP contribution in [0.1, 0.15) is 61.6 Å². The molecule has 0 radical (unpaired) electrons. The van der Waals surface area contributed by atoms with Crippen molar-refractivity contribution in [2.24, 2.45) is 7.05 Å². The summed E-state index contributed by atoms with van der Waals surface area (Å²) in [6.45, 7) is 2.83. The molecule has 1 amide bonds. The number of likely N-dealkylation sites (tertiary alicyclic amines) is 1. The highest BCUT2D eigenvalue weighted by Crippen LogP contribution is 2.33. The van der Waals surface area contributed by atoms with E-state index in [0.717, 1.165) is 54.5 Å². The number of aldehydes is 1. The minimum absolute atomic E-state index is 0.0531. The number of hydrogen-bond donors (Lipinski definition) is 3. The van der Waals surface area contributed by atoms with Crippen molar-refractivity contribution < 1.29 is 27.3 Å². The Morgan fingerprint density at radius 1 is 1.05 bits per heavy atom. The van der Waals surface area contributed by atoms with Gasteiger partial charge in [0.05, 0.1) is 34.4 Å². The fourth-order valence-electron chi connectivity index (χ4n) is 6.86. The minimum Gasteiger partial charge on any atom is -0.432 e. The molecule has 2 aromatic heterocycles. The Balaban J connectivity index is 0.000000784. The lowest BCUT2D eigenvalue weighted by Crippen LogP contribution is -2.40. The topological polar surface area (TPSA) is 170 Å². The van der Waals surface area contributed by atoms with Crippen LogP contribution in [0.25, 0.3) is 17.0 Å². The molecule has 0 bridgehead atoms. The summed E-state index contributed by atoms with van der Waals surface area (Å²) >= 11 is 0. The van der Waals surface area contributed by atoms with Crippen molar-refractivity contribution in [3.63, 3.8) is 0 Å². The Kier molecular flexibility index (Phi) is 15.4. The number of nitrogens with zero attached hydrogens (tertiary/aromatic N) is 7. The van der Waals surface area contributed by atoms with Gasteiger partial charge in [-0.05, 0) is 93.1 Å². The van der Waals surface area contributed by atoms with Gasteiger partial charge in [-0.3, -0.25) is 14.4 Å². The number of hydrogen-bond acceptors (Lipinski definition) is 11. The van der Waals surface area contributed by atoms with E-state index in [1.54, 1.807) is 12.1 Å². The third kappa shape index (κ3) is 11.1. The molecule has 0 spiro atoms. The summed E-state index contributed by atoms with van der Waals surface area (Å²) in [5, 5.41) is 24.2. The number of piperidine rings is 2. The van der Waals surface area contributed by atoms with Crippen LogP contribution in [0.2, 0.25) is 0 Å². The summed E-state index contributed by atoms with van der Waals surface area (Å²) in [6, 6.07) is 14.6. The van der Waals surface area contributed by atoms with Crippen LogP contribution in [0, 0.1) is 11.3 Å². The highest BCUT2D eigenvalue weighted by molar-refractivity contribution is 7.82. The molecule has 298 valence electrons. The van der Waals surface area contributed by atoms with Crippen molar-refractivity contribution in [2.75, 3.05) is 50.4 Å². The van der Waals surface area contributed by atoms with Crippen LogP contribution in [0.15, 0.2) is 59.8 Å². The number of amides is 1. The van der Waals surface area contributed by atoms with E-state index in [2.05, 4.69) is 77.9 Å². The lowest BCUT2D eigenvalue weighted by molar-refractivity contribution is -0.110. The van der Waals surface area contributed by atoms with Crippen LogP contribution in [-0.2, 0) is 27.6 Å². The van der Waals surface area contributed by atoms with Crippen LogP contribution < -0.4 is 20.7 Å². The Morgan fingerprint density at radius 3 is 2.43 bits per heavy atom. The van der Waals surface area contributed by atoms with E-state index in [4.69, 9.17) is 0 Å². The van der Waals surface area contributed by atoms with Crippen molar-refractivity contribution in [3.8, 4) is 11.8 Å². The monoisotopic (exact) mass is 790 g/mol. The molecule has 3 N–H and O–H groups in total. The average molecular weight is 791 g/mol. The summed E-state index contributed by atoms with van der Waals surface area (Å²) in [5.41, 5.74) is 3.80. The quantitative estimate of drug-likeness (QED) is 0.108. The normalized spacial score (nSPS) is 16.8. The van der Waals surface area contributed by atoms with Crippen LogP contribution in [0.3, 0.4) is 0 Å². The van der Waals surface area contributed by atoms with Gasteiger partial charge in [-0.2, -0.15) is 19.1 Å². The van der Waals surface area contributed by atoms with Gasteiger partial charge in [-0.15, -0.1) is 0 Å². The summed E-state index contributed by atoms with van der Waals surface area (Å²) in [5.74, 6) is 1.62. The van der Waals surface area contributed by atoms with Gasteiger partial charge in [0, 0.05) is 57.6 Å². The highest BCUT2D eigenvalue weighted by Gasteiger charge is 2.26. The average Bonchev–Trinajstić information content (AvgIpc) is 3.55. The Morgan fingerprint density at radius 2 is 1.79 bits per heavy atom. The van der Waals surface area contributed by atoms with Gasteiger partial charge < -0.3 is 25.5 Å². The molecule has 2 fully saturated rings. The first-order valence-corrected chi connectivity index (χ1v) is 19.7. The Labute approximate surface area is 327 Å². The molecule has 4 heterocycles. The number of carbonyl (C=O) groups is 2. The molecule has 56 heavy (non-hydrogen) atoms. The fraction of sp³-hybridized carbons (Fsp3) is 0.436. The first-order valence-electron chi connectivity index (χ1n) is 18.6. The zero-order chi connectivity index (χ0) is 40.0. The molecular weight excluding hydrogens is 743 g/mol. The van der Waals surface area contributed by atoms with Gasteiger partial charge in [0.1, 0.15) is 17.3 Å². The molecular formula is C39H48F2N10O4S. The van der Waals surface area contributed by atoms with E-state index in [-0.39, 0.29) is 17.8 Å². The van der Waals surface area contributed by atoms with Crippen LogP contribution in [0.5, 0.6) is 5.75 Å². The molecule has 0 saturated carbocycles. The SMILES string of the molecule is CNc1nn(C)c2cc(C3CCN(C(C)/C=C/c4cc(S(=O)N5CCC(Nc6ncc(OC(F)F)cn6)CC5)ccc4C#N)CC3)ccc12.O=CCCNC=O. The number of aromatic nitrogens is 4. The third-order valence-electron chi connectivity index (χ3n) is 9.95. The molecule has 2 atom stereocenters. The second kappa shape index (κ2) is 20.6. The van der Waals surface area contributed by atoms with Crippen LogP contribution >= 0.6 is 0 Å². The minimum atomic E-state index is -2.93. The number of benzene rings is 2. The number of nitrogens with one attached hydrogen (secondary N) is 3. The van der Waals surface area contributed by atoms with E-state index in [9.17, 15) is 27.8 Å². The van der Waals surface area contributed by atoms with Gasteiger partial charge >= 0.3 is 6.61 Å². The molecule has 17 heteroatoms. The smallest absolute Gasteiger partial charge is 0.387 e. The number of anilines is 2. The van der Waals surface area contributed by atoms with E-state index in [1.807, 2.05) is 35.2 Å². The molecule has 6 rings (SSSR count). The van der Waals surface area contributed by atoms with Crippen molar-refractivity contribution in [1.82, 2.24) is 34.3 Å². The Bertz CT molecular complexity index is 2000. The number of ether oxygens (including phenoxy) is 1. The van der Waals surface area contributed by atoms with Crippen molar-refractivity contribution in [3.05, 3.63) is 71.6 Å². The number of aryl methyl sites for hydroxylation is 1. The van der Waals surface area contributed by atoms with Crippen molar-refractivity contribution >= 4 is 52.4 Å². The Hall–Kier alpha value is -5.31. The predicted molar refractivity (Wildman–Crippen MR) is 211 cm³/mol. The standard InChI is InChI=1S/C35H41F2N9O2S.C4H7NO2/c1-23(45-14-10-24(11-15-45)26-7-9-31-32(19-26)44(3)43-33(31)39-2)4-5-25-18-30(8-6-27(25)20-38)49(47)46-16-12-28(13-17-46)42-35-40-21-29(22-41-35)48-34(36)37;6-3-1-2-5-4-7/h4-9,18-19,21-24,28,34H,10-17H2,1-3H3,(H,39,43)(H,40,41,42);3-4H,1-2H2,(H,5,7)/b5-4+;. The molecule has 2 aliphatic heterocycles. The second-order valence-electron chi connectivity index (χ2n) is 13.5. The van der Waals surface area contributed by atoms with Gasteiger partial charge in [0.15, 0.2) is 11.6 Å². The summed E-state index contributed by atoms with van der Waals surface area (Å²) in [4.78, 5) is 30.2. The lowest BCUT2D eigenvalue weighted by Gasteiger charge is -2.35. The van der Waals surface area contributed by atoms with Crippen molar-refractivity contribution in [2.45, 2.75) is 68.5 Å². The number of halogens is 2. The zero-order valence-corrected chi connectivity index (χ0v) is 32.6. The van der Waals surface area contributed by atoms with Gasteiger partial charge in [-0.1, -0.05) is 18.2 Å². The molecule has 2 saturated heterocycles. The van der Waals surface area contributed by atoms with E-state index in [1.165, 1.54) is 18.0 Å². The molecule has 2 aliphatic rings. The number of carbonyl (C=O) groups excluding carboxylic acids is 2. The first kappa shape index (κ1) is 41.8. The van der Waals surface area contributed by atoms with E-state index < -0.39 is 17.6 Å². The number of rotatable bonds is 15. The van der Waals surface area contributed by atoms with E-state index >= 15 is 0 Å². The molecule has 14 nitrogen and oxygen atoms in total. The largest absolute Gasteiger partial charge is 0.432 e. The fourth-order valence-corrected chi connectivity index (χ4v) is 8.11. The molecule has 2 aromatic carbocycles. The number of fused-ring (bicyclic) bond motifs is 1. The third-order valence-corrected chi connectivity index (χ3v) is 11.4. The van der Waals surface area contributed by atoms with Crippen LogP contribution in [-0.4, -0.2) is 104 Å². The highest BCUT2D eigenvalue weighted by atomic mass is 32.2. The summed E-state index contributed by atoms with van der Waals surface area (Å²) in [6.07, 6.45) is 11.8. The summed E-state index contributed by atoms with van der Waals surface area (Å²) in [7, 11) is 2.49.